The molecule has 10 heteroatoms. The van der Waals surface area contributed by atoms with E-state index >= 15 is 0 Å². The minimum absolute atomic E-state index is 0.0655. The highest BCUT2D eigenvalue weighted by Gasteiger charge is 2.25. The molecule has 0 atom stereocenters. The standard InChI is InChI=1S/C20H23ClN6O3/c1-5-25(6-2)17-9-12(3)15-10-14(7-8-16(15)23-17)22-18(28)11-26-13(4)19(21)20(24-26)27(29)30/h7-10H,5-6,11H2,1-4H3,(H,22,28). The van der Waals surface area contributed by atoms with E-state index in [-0.39, 0.29) is 17.5 Å². The summed E-state index contributed by atoms with van der Waals surface area (Å²) in [5.41, 5.74) is 2.88. The number of nitrogens with zero attached hydrogens (tertiary/aromatic N) is 5. The molecule has 0 radical (unpaired) electrons. The molecule has 2 aromatic heterocycles. The first-order chi connectivity index (χ1) is 14.2. The Morgan fingerprint density at radius 2 is 1.97 bits per heavy atom. The summed E-state index contributed by atoms with van der Waals surface area (Å²) >= 11 is 5.92. The van der Waals surface area contributed by atoms with Crippen LogP contribution in [-0.2, 0) is 11.3 Å². The molecule has 9 nitrogen and oxygen atoms in total. The zero-order valence-electron chi connectivity index (χ0n) is 17.3. The number of anilines is 2. The molecular weight excluding hydrogens is 408 g/mol. The monoisotopic (exact) mass is 430 g/mol. The molecule has 0 saturated carbocycles. The fraction of sp³-hybridized carbons (Fsp3) is 0.350. The molecule has 0 saturated heterocycles. The van der Waals surface area contributed by atoms with Crippen molar-refractivity contribution in [2.45, 2.75) is 34.2 Å². The number of pyridine rings is 1. The number of aryl methyl sites for hydroxylation is 1. The normalized spacial score (nSPS) is 11.0. The summed E-state index contributed by atoms with van der Waals surface area (Å²) in [5.74, 6) is 0.102. The Balaban J connectivity index is 1.82. The van der Waals surface area contributed by atoms with Gasteiger partial charge in [0.2, 0.25) is 5.91 Å². The maximum absolute atomic E-state index is 12.5. The topological polar surface area (TPSA) is 106 Å². The molecule has 1 amide bonds. The molecule has 3 rings (SSSR count). The highest BCUT2D eigenvalue weighted by molar-refractivity contribution is 6.33. The van der Waals surface area contributed by atoms with Gasteiger partial charge in [-0.05, 0) is 62.4 Å². The van der Waals surface area contributed by atoms with Crippen molar-refractivity contribution in [3.8, 4) is 0 Å². The van der Waals surface area contributed by atoms with E-state index in [0.29, 0.717) is 11.4 Å². The number of rotatable bonds is 7. The van der Waals surface area contributed by atoms with E-state index in [1.165, 1.54) is 4.68 Å². The highest BCUT2D eigenvalue weighted by atomic mass is 35.5. The van der Waals surface area contributed by atoms with Crippen LogP contribution in [0.15, 0.2) is 24.3 Å². The molecule has 0 spiro atoms. The summed E-state index contributed by atoms with van der Waals surface area (Å²) in [4.78, 5) is 29.7. The predicted molar refractivity (Wildman–Crippen MR) is 117 cm³/mol. The lowest BCUT2D eigenvalue weighted by molar-refractivity contribution is -0.389. The molecule has 1 N–H and O–H groups in total. The summed E-state index contributed by atoms with van der Waals surface area (Å²) in [6, 6.07) is 7.55. The first kappa shape index (κ1) is 21.5. The van der Waals surface area contributed by atoms with Gasteiger partial charge in [-0.1, -0.05) is 11.6 Å². The van der Waals surface area contributed by atoms with E-state index in [4.69, 9.17) is 16.6 Å². The van der Waals surface area contributed by atoms with E-state index in [1.807, 2.05) is 25.1 Å². The third-order valence-corrected chi connectivity index (χ3v) is 5.40. The Morgan fingerprint density at radius 3 is 2.57 bits per heavy atom. The number of aromatic nitrogens is 3. The van der Waals surface area contributed by atoms with Crippen LogP contribution in [0.1, 0.15) is 25.1 Å². The van der Waals surface area contributed by atoms with Crippen molar-refractivity contribution in [1.82, 2.24) is 14.8 Å². The van der Waals surface area contributed by atoms with Gasteiger partial charge in [-0.25, -0.2) is 4.98 Å². The number of benzene rings is 1. The lowest BCUT2D eigenvalue weighted by Gasteiger charge is -2.21. The molecule has 0 aliphatic heterocycles. The average molecular weight is 431 g/mol. The van der Waals surface area contributed by atoms with Crippen LogP contribution in [0, 0.1) is 24.0 Å². The lowest BCUT2D eigenvalue weighted by atomic mass is 10.1. The zero-order valence-corrected chi connectivity index (χ0v) is 18.0. The second kappa shape index (κ2) is 8.66. The Bertz CT molecular complexity index is 1120. The van der Waals surface area contributed by atoms with Crippen LogP contribution in [0.5, 0.6) is 0 Å². The largest absolute Gasteiger partial charge is 0.408 e. The lowest BCUT2D eigenvalue weighted by Crippen LogP contribution is -2.23. The van der Waals surface area contributed by atoms with Crippen molar-refractivity contribution in [2.75, 3.05) is 23.3 Å². The fourth-order valence-electron chi connectivity index (χ4n) is 3.28. The maximum Gasteiger partial charge on any atom is 0.408 e. The molecule has 0 aliphatic rings. The number of amides is 1. The van der Waals surface area contributed by atoms with Crippen LogP contribution in [0.3, 0.4) is 0 Å². The molecule has 0 unspecified atom stereocenters. The van der Waals surface area contributed by atoms with Crippen LogP contribution < -0.4 is 10.2 Å². The van der Waals surface area contributed by atoms with Gasteiger partial charge in [0.1, 0.15) is 12.4 Å². The van der Waals surface area contributed by atoms with Gasteiger partial charge in [-0.3, -0.25) is 4.79 Å². The van der Waals surface area contributed by atoms with Crippen LogP contribution in [-0.4, -0.2) is 38.7 Å². The molecule has 3 aromatic rings. The van der Waals surface area contributed by atoms with Crippen LogP contribution in [0.4, 0.5) is 17.3 Å². The Kier molecular flexibility index (Phi) is 6.21. The molecule has 1 aromatic carbocycles. The fourth-order valence-corrected chi connectivity index (χ4v) is 3.48. The molecule has 158 valence electrons. The smallest absolute Gasteiger partial charge is 0.358 e. The van der Waals surface area contributed by atoms with E-state index in [9.17, 15) is 14.9 Å². The first-order valence-electron chi connectivity index (χ1n) is 9.58. The predicted octanol–water partition coefficient (Wildman–Crippen LogP) is 4.09. The third-order valence-electron chi connectivity index (χ3n) is 4.96. The Hall–Kier alpha value is -3.20. The highest BCUT2D eigenvalue weighted by Crippen LogP contribution is 2.27. The molecule has 0 bridgehead atoms. The third kappa shape index (κ3) is 4.20. The number of nitrogens with one attached hydrogen (secondary N) is 1. The molecule has 30 heavy (non-hydrogen) atoms. The van der Waals surface area contributed by atoms with Crippen LogP contribution in [0.2, 0.25) is 5.02 Å². The molecule has 2 heterocycles. The second-order valence-electron chi connectivity index (χ2n) is 6.89. The average Bonchev–Trinajstić information content (AvgIpc) is 2.98. The summed E-state index contributed by atoms with van der Waals surface area (Å²) in [6.07, 6.45) is 0. The Labute approximate surface area is 178 Å². The second-order valence-corrected chi connectivity index (χ2v) is 7.27. The summed E-state index contributed by atoms with van der Waals surface area (Å²) in [6.45, 7) is 9.33. The van der Waals surface area contributed by atoms with Gasteiger partial charge >= 0.3 is 5.82 Å². The summed E-state index contributed by atoms with van der Waals surface area (Å²) in [5, 5.41) is 18.4. The molecular formula is C20H23ClN6O3. The number of halogens is 1. The summed E-state index contributed by atoms with van der Waals surface area (Å²) < 4.78 is 1.22. The number of hydrogen-bond acceptors (Lipinski definition) is 6. The number of fused-ring (bicyclic) bond motifs is 1. The van der Waals surface area contributed by atoms with Gasteiger partial charge < -0.3 is 20.3 Å². The number of carbonyl (C=O) groups is 1. The van der Waals surface area contributed by atoms with Gasteiger partial charge in [0.15, 0.2) is 5.02 Å². The van der Waals surface area contributed by atoms with Crippen molar-refractivity contribution in [3.63, 3.8) is 0 Å². The van der Waals surface area contributed by atoms with Crippen molar-refractivity contribution >= 4 is 45.7 Å². The van der Waals surface area contributed by atoms with Crippen molar-refractivity contribution < 1.29 is 9.72 Å². The quantitative estimate of drug-likeness (QED) is 0.447. The number of nitro groups is 1. The van der Waals surface area contributed by atoms with Crippen LogP contribution in [0.25, 0.3) is 10.9 Å². The first-order valence-corrected chi connectivity index (χ1v) is 9.96. The SMILES string of the molecule is CCN(CC)c1cc(C)c2cc(NC(=O)Cn3nc([N+](=O)[O-])c(Cl)c3C)ccc2n1. The van der Waals surface area contributed by atoms with Crippen LogP contribution >= 0.6 is 11.6 Å². The van der Waals surface area contributed by atoms with E-state index in [0.717, 1.165) is 35.4 Å². The van der Waals surface area contributed by atoms with Gasteiger partial charge in [0.25, 0.3) is 0 Å². The van der Waals surface area contributed by atoms with E-state index < -0.39 is 10.7 Å². The van der Waals surface area contributed by atoms with Crippen molar-refractivity contribution in [2.24, 2.45) is 0 Å². The van der Waals surface area contributed by atoms with E-state index in [2.05, 4.69) is 29.2 Å². The zero-order chi connectivity index (χ0) is 22.0. The van der Waals surface area contributed by atoms with Crippen molar-refractivity contribution in [1.29, 1.82) is 0 Å². The Morgan fingerprint density at radius 1 is 1.27 bits per heavy atom. The molecule has 0 aliphatic carbocycles. The number of carbonyl (C=O) groups excluding carboxylic acids is 1. The van der Waals surface area contributed by atoms with E-state index in [1.54, 1.807) is 13.0 Å². The van der Waals surface area contributed by atoms with Gasteiger partial charge in [-0.2, -0.15) is 4.68 Å². The van der Waals surface area contributed by atoms with Gasteiger partial charge in [0.05, 0.1) is 16.3 Å². The summed E-state index contributed by atoms with van der Waals surface area (Å²) in [7, 11) is 0. The van der Waals surface area contributed by atoms with Gasteiger partial charge in [-0.15, -0.1) is 0 Å². The van der Waals surface area contributed by atoms with Gasteiger partial charge in [0, 0.05) is 24.2 Å². The minimum Gasteiger partial charge on any atom is -0.358 e. The maximum atomic E-state index is 12.5. The number of hydrogen-bond donors (Lipinski definition) is 1. The minimum atomic E-state index is -0.671. The van der Waals surface area contributed by atoms with Crippen molar-refractivity contribution in [3.05, 3.63) is 50.7 Å². The molecule has 0 fully saturated rings.